The Labute approximate surface area is 204 Å². The van der Waals surface area contributed by atoms with Crippen molar-refractivity contribution >= 4 is 35.0 Å². The van der Waals surface area contributed by atoms with Gasteiger partial charge in [-0.25, -0.2) is 0 Å². The Hall–Kier alpha value is -2.35. The van der Waals surface area contributed by atoms with Crippen molar-refractivity contribution in [2.24, 2.45) is 0 Å². The molecule has 1 saturated carbocycles. The van der Waals surface area contributed by atoms with Gasteiger partial charge in [-0.3, -0.25) is 14.3 Å². The van der Waals surface area contributed by atoms with Gasteiger partial charge in [0.2, 0.25) is 5.91 Å². The fraction of sp³-hybridized carbons (Fsp3) is 0.400. The summed E-state index contributed by atoms with van der Waals surface area (Å²) in [5, 5.41) is 12.6. The average Bonchev–Trinajstić information content (AvgIpc) is 3.30. The van der Waals surface area contributed by atoms with E-state index in [4.69, 9.17) is 11.6 Å². The third-order valence-electron chi connectivity index (χ3n) is 6.19. The molecule has 2 aromatic carbocycles. The highest BCUT2D eigenvalue weighted by Gasteiger charge is 2.19. The maximum atomic E-state index is 12.8. The zero-order valence-corrected chi connectivity index (χ0v) is 20.7. The number of amides is 1. The first-order chi connectivity index (χ1) is 16.0. The van der Waals surface area contributed by atoms with Crippen LogP contribution in [0.1, 0.15) is 43.2 Å². The molecule has 0 bridgehead atoms. The molecule has 1 N–H and O–H groups in total. The van der Waals surface area contributed by atoms with E-state index in [0.717, 1.165) is 29.0 Å². The zero-order chi connectivity index (χ0) is 23.2. The van der Waals surface area contributed by atoms with Crippen molar-refractivity contribution in [3.05, 3.63) is 64.9 Å². The highest BCUT2D eigenvalue weighted by atomic mass is 35.5. The first kappa shape index (κ1) is 23.8. The van der Waals surface area contributed by atoms with Crippen LogP contribution in [0.5, 0.6) is 0 Å². The van der Waals surface area contributed by atoms with Gasteiger partial charge in [0.25, 0.3) is 0 Å². The molecule has 1 fully saturated rings. The van der Waals surface area contributed by atoms with Crippen LogP contribution < -0.4 is 5.32 Å². The van der Waals surface area contributed by atoms with Gasteiger partial charge in [0.1, 0.15) is 6.33 Å². The van der Waals surface area contributed by atoms with Gasteiger partial charge in [-0.05, 0) is 56.1 Å². The van der Waals surface area contributed by atoms with Gasteiger partial charge >= 0.3 is 0 Å². The monoisotopic (exact) mass is 483 g/mol. The van der Waals surface area contributed by atoms with E-state index in [9.17, 15) is 4.79 Å². The van der Waals surface area contributed by atoms with Crippen molar-refractivity contribution < 1.29 is 4.79 Å². The first-order valence-corrected chi connectivity index (χ1v) is 12.7. The molecule has 1 aliphatic carbocycles. The lowest BCUT2D eigenvalue weighted by Crippen LogP contribution is -2.33. The molecule has 1 aliphatic rings. The molecule has 3 aromatic rings. The maximum absolute atomic E-state index is 12.8. The van der Waals surface area contributed by atoms with E-state index in [1.54, 1.807) is 6.33 Å². The van der Waals surface area contributed by atoms with E-state index in [0.29, 0.717) is 16.2 Å². The molecule has 4 rings (SSSR count). The van der Waals surface area contributed by atoms with E-state index in [2.05, 4.69) is 33.5 Å². The number of carbonyl (C=O) groups is 1. The molecule has 0 radical (unpaired) electrons. The molecule has 1 heterocycles. The summed E-state index contributed by atoms with van der Waals surface area (Å²) in [6, 6.07) is 14.5. The SMILES string of the molecule is Cc1ccc(-n2cnnc2SCC(=O)Nc2ccccc2CN(C)C2CCCCC2)cc1Cl. The van der Waals surface area contributed by atoms with Crippen LogP contribution in [0.3, 0.4) is 0 Å². The molecule has 0 atom stereocenters. The number of rotatable bonds is 8. The van der Waals surface area contributed by atoms with E-state index in [1.165, 1.54) is 43.9 Å². The van der Waals surface area contributed by atoms with Crippen LogP contribution in [0.15, 0.2) is 53.9 Å². The van der Waals surface area contributed by atoms with Crippen LogP contribution in [0.2, 0.25) is 5.02 Å². The highest BCUT2D eigenvalue weighted by molar-refractivity contribution is 7.99. The second-order valence-corrected chi connectivity index (χ2v) is 9.97. The summed E-state index contributed by atoms with van der Waals surface area (Å²) in [6.45, 7) is 2.79. The minimum absolute atomic E-state index is 0.0655. The summed E-state index contributed by atoms with van der Waals surface area (Å²) in [5.74, 6) is 0.176. The third-order valence-corrected chi connectivity index (χ3v) is 7.54. The average molecular weight is 484 g/mol. The lowest BCUT2D eigenvalue weighted by atomic mass is 9.94. The van der Waals surface area contributed by atoms with E-state index in [1.807, 2.05) is 47.9 Å². The summed E-state index contributed by atoms with van der Waals surface area (Å²) >= 11 is 7.62. The van der Waals surface area contributed by atoms with Crippen molar-refractivity contribution in [3.8, 4) is 5.69 Å². The van der Waals surface area contributed by atoms with Crippen molar-refractivity contribution in [1.29, 1.82) is 0 Å². The number of hydrogen-bond donors (Lipinski definition) is 1. The number of carbonyl (C=O) groups excluding carboxylic acids is 1. The fourth-order valence-electron chi connectivity index (χ4n) is 4.25. The summed E-state index contributed by atoms with van der Waals surface area (Å²) in [6.07, 6.45) is 8.12. The second kappa shape index (κ2) is 11.2. The van der Waals surface area contributed by atoms with Gasteiger partial charge < -0.3 is 5.32 Å². The Balaban J connectivity index is 1.37. The molecular formula is C25H30ClN5OS. The highest BCUT2D eigenvalue weighted by Crippen LogP contribution is 2.26. The van der Waals surface area contributed by atoms with Gasteiger partial charge in [-0.1, -0.05) is 66.9 Å². The Morgan fingerprint density at radius 1 is 1.21 bits per heavy atom. The van der Waals surface area contributed by atoms with Gasteiger partial charge in [-0.15, -0.1) is 10.2 Å². The standard InChI is InChI=1S/C25H30ClN5OS/c1-18-12-13-21(14-22(18)26)31-17-27-29-25(31)33-16-24(32)28-23-11-7-6-8-19(23)15-30(2)20-9-4-3-5-10-20/h6-8,11-14,17,20H,3-5,9-10,15-16H2,1-2H3,(H,28,32). The summed E-state index contributed by atoms with van der Waals surface area (Å²) in [4.78, 5) is 15.2. The largest absolute Gasteiger partial charge is 0.325 e. The van der Waals surface area contributed by atoms with Crippen molar-refractivity contribution in [3.63, 3.8) is 0 Å². The number of nitrogens with one attached hydrogen (secondary N) is 1. The molecule has 0 saturated heterocycles. The predicted octanol–water partition coefficient (Wildman–Crippen LogP) is 5.72. The van der Waals surface area contributed by atoms with Gasteiger partial charge in [0.15, 0.2) is 5.16 Å². The topological polar surface area (TPSA) is 63.1 Å². The minimum atomic E-state index is -0.0655. The third kappa shape index (κ3) is 6.16. The Bertz CT molecular complexity index is 1100. The number of benzene rings is 2. The number of nitrogens with zero attached hydrogens (tertiary/aromatic N) is 4. The molecule has 1 aromatic heterocycles. The normalized spacial score (nSPS) is 14.5. The number of anilines is 1. The lowest BCUT2D eigenvalue weighted by molar-refractivity contribution is -0.113. The predicted molar refractivity (Wildman–Crippen MR) is 135 cm³/mol. The van der Waals surface area contributed by atoms with Crippen LogP contribution >= 0.6 is 23.4 Å². The molecule has 33 heavy (non-hydrogen) atoms. The van der Waals surface area contributed by atoms with Crippen LogP contribution in [0, 0.1) is 6.92 Å². The van der Waals surface area contributed by atoms with E-state index >= 15 is 0 Å². The van der Waals surface area contributed by atoms with Crippen LogP contribution in [-0.4, -0.2) is 44.4 Å². The van der Waals surface area contributed by atoms with Gasteiger partial charge in [0, 0.05) is 23.3 Å². The summed E-state index contributed by atoms with van der Waals surface area (Å²) < 4.78 is 1.84. The van der Waals surface area contributed by atoms with Gasteiger partial charge in [-0.2, -0.15) is 0 Å². The number of aromatic nitrogens is 3. The number of hydrogen-bond acceptors (Lipinski definition) is 5. The number of halogens is 1. The molecule has 1 amide bonds. The lowest BCUT2D eigenvalue weighted by Gasteiger charge is -2.31. The molecule has 0 spiro atoms. The fourth-order valence-corrected chi connectivity index (χ4v) is 5.15. The zero-order valence-electron chi connectivity index (χ0n) is 19.1. The quantitative estimate of drug-likeness (QED) is 0.415. The number of thioether (sulfide) groups is 1. The molecular weight excluding hydrogens is 454 g/mol. The Morgan fingerprint density at radius 2 is 2.00 bits per heavy atom. The Kier molecular flexibility index (Phi) is 8.06. The molecule has 8 heteroatoms. The van der Waals surface area contributed by atoms with E-state index in [-0.39, 0.29) is 11.7 Å². The van der Waals surface area contributed by atoms with Crippen molar-refractivity contribution in [1.82, 2.24) is 19.7 Å². The summed E-state index contributed by atoms with van der Waals surface area (Å²) in [7, 11) is 2.19. The van der Waals surface area contributed by atoms with Crippen LogP contribution in [0.4, 0.5) is 5.69 Å². The minimum Gasteiger partial charge on any atom is -0.325 e. The smallest absolute Gasteiger partial charge is 0.234 e. The molecule has 174 valence electrons. The van der Waals surface area contributed by atoms with Crippen molar-refractivity contribution in [2.75, 3.05) is 18.1 Å². The summed E-state index contributed by atoms with van der Waals surface area (Å²) in [5.41, 5.74) is 3.89. The van der Waals surface area contributed by atoms with Crippen LogP contribution in [-0.2, 0) is 11.3 Å². The second-order valence-electron chi connectivity index (χ2n) is 8.62. The van der Waals surface area contributed by atoms with Gasteiger partial charge in [0.05, 0.1) is 11.4 Å². The molecule has 0 unspecified atom stereocenters. The molecule has 0 aliphatic heterocycles. The Morgan fingerprint density at radius 3 is 2.79 bits per heavy atom. The van der Waals surface area contributed by atoms with E-state index < -0.39 is 0 Å². The first-order valence-electron chi connectivity index (χ1n) is 11.4. The molecule has 6 nitrogen and oxygen atoms in total. The van der Waals surface area contributed by atoms with Crippen molar-refractivity contribution in [2.45, 2.75) is 56.8 Å². The maximum Gasteiger partial charge on any atom is 0.234 e. The van der Waals surface area contributed by atoms with Crippen LogP contribution in [0.25, 0.3) is 5.69 Å². The number of para-hydroxylation sites is 1. The number of aryl methyl sites for hydroxylation is 1.